The molecule has 2 heterocycles. The second-order valence-corrected chi connectivity index (χ2v) is 10.2. The highest BCUT2D eigenvalue weighted by Crippen LogP contribution is 2.26. The Hall–Kier alpha value is -3.03. The first-order chi connectivity index (χ1) is 16.0. The number of fused-ring (bicyclic) bond motifs is 1. The highest BCUT2D eigenvalue weighted by Gasteiger charge is 2.27. The van der Waals surface area contributed by atoms with E-state index < -0.39 is 6.10 Å². The first-order valence-electron chi connectivity index (χ1n) is 11.7. The summed E-state index contributed by atoms with van der Waals surface area (Å²) >= 11 is 0. The Morgan fingerprint density at radius 1 is 1.21 bits per heavy atom. The molecule has 1 fully saturated rings. The zero-order valence-electron chi connectivity index (χ0n) is 20.5. The molecule has 0 saturated carbocycles. The predicted octanol–water partition coefficient (Wildman–Crippen LogP) is 3.45. The van der Waals surface area contributed by atoms with Crippen LogP contribution in [0.5, 0.6) is 0 Å². The number of hydrogen-bond donors (Lipinski definition) is 2. The summed E-state index contributed by atoms with van der Waals surface area (Å²) < 4.78 is 6.87. The molecule has 3 aromatic rings. The summed E-state index contributed by atoms with van der Waals surface area (Å²) in [7, 11) is 0. The second kappa shape index (κ2) is 9.31. The maximum absolute atomic E-state index is 13.4. The van der Waals surface area contributed by atoms with Gasteiger partial charge in [-0.25, -0.2) is 4.98 Å². The SMILES string of the molecule is Cc1c(Cc2ccc(C(=O)NC(C)(C)C)cc2)cc2c(=O)n([C@H]3CCOC[C@@H]3O)cnc2c1C. The van der Waals surface area contributed by atoms with Gasteiger partial charge in [0, 0.05) is 17.7 Å². The van der Waals surface area contributed by atoms with Crippen molar-refractivity contribution in [2.24, 2.45) is 0 Å². The van der Waals surface area contributed by atoms with Crippen LogP contribution in [0.2, 0.25) is 0 Å². The highest BCUT2D eigenvalue weighted by atomic mass is 16.5. The van der Waals surface area contributed by atoms with Crippen molar-refractivity contribution in [2.75, 3.05) is 13.2 Å². The molecule has 1 aromatic heterocycles. The van der Waals surface area contributed by atoms with Crippen LogP contribution in [0.3, 0.4) is 0 Å². The fourth-order valence-electron chi connectivity index (χ4n) is 4.47. The van der Waals surface area contributed by atoms with Crippen LogP contribution in [-0.2, 0) is 11.2 Å². The molecule has 1 saturated heterocycles. The number of ether oxygens (including phenoxy) is 1. The van der Waals surface area contributed by atoms with Crippen LogP contribution in [0.25, 0.3) is 10.9 Å². The fraction of sp³-hybridized carbons (Fsp3) is 0.444. The average Bonchev–Trinajstić information content (AvgIpc) is 2.78. The lowest BCUT2D eigenvalue weighted by molar-refractivity contribution is -0.0395. The number of aryl methyl sites for hydroxylation is 1. The van der Waals surface area contributed by atoms with Gasteiger partial charge in [0.05, 0.1) is 36.0 Å². The average molecular weight is 464 g/mol. The molecule has 0 spiro atoms. The fourth-order valence-corrected chi connectivity index (χ4v) is 4.47. The number of carbonyl (C=O) groups excluding carboxylic acids is 1. The number of amides is 1. The number of rotatable bonds is 4. The number of nitrogens with zero attached hydrogens (tertiary/aromatic N) is 2. The molecule has 34 heavy (non-hydrogen) atoms. The Labute approximate surface area is 199 Å². The number of aliphatic hydroxyl groups is 1. The van der Waals surface area contributed by atoms with Gasteiger partial charge in [0.2, 0.25) is 0 Å². The number of nitrogens with one attached hydrogen (secondary N) is 1. The summed E-state index contributed by atoms with van der Waals surface area (Å²) in [4.78, 5) is 30.4. The van der Waals surface area contributed by atoms with Crippen LogP contribution in [0, 0.1) is 13.8 Å². The maximum atomic E-state index is 13.4. The van der Waals surface area contributed by atoms with Gasteiger partial charge >= 0.3 is 0 Å². The van der Waals surface area contributed by atoms with Crippen LogP contribution >= 0.6 is 0 Å². The van der Waals surface area contributed by atoms with Crippen molar-refractivity contribution in [3.63, 3.8) is 0 Å². The van der Waals surface area contributed by atoms with Crippen molar-refractivity contribution < 1.29 is 14.6 Å². The van der Waals surface area contributed by atoms with Crippen molar-refractivity contribution >= 4 is 16.8 Å². The van der Waals surface area contributed by atoms with E-state index in [-0.39, 0.29) is 29.7 Å². The van der Waals surface area contributed by atoms with Gasteiger partial charge in [0.15, 0.2) is 0 Å². The van der Waals surface area contributed by atoms with E-state index in [0.29, 0.717) is 35.9 Å². The minimum atomic E-state index is -0.731. The van der Waals surface area contributed by atoms with Crippen molar-refractivity contribution in [3.05, 3.63) is 74.8 Å². The van der Waals surface area contributed by atoms with Crippen molar-refractivity contribution in [1.29, 1.82) is 0 Å². The van der Waals surface area contributed by atoms with Crippen LogP contribution in [0.1, 0.15) is 65.8 Å². The molecule has 7 heteroatoms. The Balaban J connectivity index is 1.66. The van der Waals surface area contributed by atoms with Crippen molar-refractivity contribution in [3.8, 4) is 0 Å². The lowest BCUT2D eigenvalue weighted by atomic mass is 9.94. The van der Waals surface area contributed by atoms with E-state index in [0.717, 1.165) is 22.3 Å². The third-order valence-electron chi connectivity index (χ3n) is 6.50. The third-order valence-corrected chi connectivity index (χ3v) is 6.50. The smallest absolute Gasteiger partial charge is 0.261 e. The van der Waals surface area contributed by atoms with Gasteiger partial charge in [-0.3, -0.25) is 14.2 Å². The van der Waals surface area contributed by atoms with Gasteiger partial charge in [-0.1, -0.05) is 12.1 Å². The van der Waals surface area contributed by atoms with Gasteiger partial charge in [0.25, 0.3) is 11.5 Å². The number of aliphatic hydroxyl groups excluding tert-OH is 1. The molecule has 1 aliphatic rings. The predicted molar refractivity (Wildman–Crippen MR) is 132 cm³/mol. The van der Waals surface area contributed by atoms with E-state index in [2.05, 4.69) is 10.3 Å². The van der Waals surface area contributed by atoms with Crippen molar-refractivity contribution in [2.45, 2.75) is 65.1 Å². The quantitative estimate of drug-likeness (QED) is 0.618. The summed E-state index contributed by atoms with van der Waals surface area (Å²) in [6.45, 7) is 10.6. The number of benzene rings is 2. The van der Waals surface area contributed by atoms with Crippen LogP contribution in [0.15, 0.2) is 41.5 Å². The molecule has 7 nitrogen and oxygen atoms in total. The molecule has 4 rings (SSSR count). The molecule has 1 amide bonds. The molecule has 2 aromatic carbocycles. The van der Waals surface area contributed by atoms with Gasteiger partial charge in [-0.05, 0) is 87.9 Å². The third kappa shape index (κ3) is 4.91. The summed E-state index contributed by atoms with van der Waals surface area (Å²) in [6, 6.07) is 9.17. The van der Waals surface area contributed by atoms with E-state index >= 15 is 0 Å². The second-order valence-electron chi connectivity index (χ2n) is 10.2. The lowest BCUT2D eigenvalue weighted by Crippen LogP contribution is -2.40. The topological polar surface area (TPSA) is 93.5 Å². The molecular weight excluding hydrogens is 430 g/mol. The minimum Gasteiger partial charge on any atom is -0.389 e. The standard InChI is InChI=1S/C27H33N3O4/c1-16-17(2)24-21(26(33)30(15-28-24)22-10-11-34-14-23(22)31)13-20(16)12-18-6-8-19(9-7-18)25(32)29-27(3,4)5/h6-9,13,15,22-23,31H,10-12,14H2,1-5H3,(H,29,32)/t22-,23-/m0/s1. The lowest BCUT2D eigenvalue weighted by Gasteiger charge is -2.29. The van der Waals surface area contributed by atoms with E-state index in [1.54, 1.807) is 10.9 Å². The highest BCUT2D eigenvalue weighted by molar-refractivity contribution is 5.94. The van der Waals surface area contributed by atoms with E-state index in [1.165, 1.54) is 0 Å². The molecule has 1 aliphatic heterocycles. The van der Waals surface area contributed by atoms with Gasteiger partial charge in [0.1, 0.15) is 0 Å². The Morgan fingerprint density at radius 3 is 2.56 bits per heavy atom. The van der Waals surface area contributed by atoms with E-state index in [4.69, 9.17) is 4.74 Å². The van der Waals surface area contributed by atoms with E-state index in [9.17, 15) is 14.7 Å². The van der Waals surface area contributed by atoms with Crippen molar-refractivity contribution in [1.82, 2.24) is 14.9 Å². The van der Waals surface area contributed by atoms with Crippen LogP contribution in [-0.4, -0.2) is 45.4 Å². The molecular formula is C27H33N3O4. The first kappa shape index (κ1) is 24.1. The molecule has 0 bridgehead atoms. The molecule has 2 N–H and O–H groups in total. The largest absolute Gasteiger partial charge is 0.389 e. The number of aromatic nitrogens is 2. The van der Waals surface area contributed by atoms with Gasteiger partial charge < -0.3 is 15.2 Å². The van der Waals surface area contributed by atoms with Gasteiger partial charge in [-0.15, -0.1) is 0 Å². The molecule has 0 radical (unpaired) electrons. The Kier molecular flexibility index (Phi) is 6.60. The summed E-state index contributed by atoms with van der Waals surface area (Å²) in [5, 5.41) is 13.9. The normalized spacial score (nSPS) is 18.8. The van der Waals surface area contributed by atoms with E-state index in [1.807, 2.05) is 65.0 Å². The Bertz CT molecular complexity index is 1270. The number of hydrogen-bond acceptors (Lipinski definition) is 5. The minimum absolute atomic E-state index is 0.0984. The number of carbonyl (C=O) groups is 1. The molecule has 2 atom stereocenters. The maximum Gasteiger partial charge on any atom is 0.261 e. The summed E-state index contributed by atoms with van der Waals surface area (Å²) in [5.74, 6) is -0.0984. The van der Waals surface area contributed by atoms with Crippen LogP contribution < -0.4 is 10.9 Å². The first-order valence-corrected chi connectivity index (χ1v) is 11.7. The zero-order valence-corrected chi connectivity index (χ0v) is 20.5. The summed E-state index contributed by atoms with van der Waals surface area (Å²) in [5.41, 5.74) is 5.04. The molecule has 0 aliphatic carbocycles. The molecule has 0 unspecified atom stereocenters. The monoisotopic (exact) mass is 463 g/mol. The summed E-state index contributed by atoms with van der Waals surface area (Å²) in [6.07, 6.45) is 2.03. The molecule has 180 valence electrons. The Morgan fingerprint density at radius 2 is 1.91 bits per heavy atom. The zero-order chi connectivity index (χ0) is 24.6. The van der Waals surface area contributed by atoms with Gasteiger partial charge in [-0.2, -0.15) is 0 Å². The van der Waals surface area contributed by atoms with Crippen LogP contribution in [0.4, 0.5) is 0 Å².